The van der Waals surface area contributed by atoms with Gasteiger partial charge in [0, 0.05) is 18.5 Å². The number of halogens is 1. The highest BCUT2D eigenvalue weighted by atomic mass is 19.1. The van der Waals surface area contributed by atoms with Crippen molar-refractivity contribution in [2.75, 3.05) is 0 Å². The molecule has 198 valence electrons. The summed E-state index contributed by atoms with van der Waals surface area (Å²) < 4.78 is 20.2. The summed E-state index contributed by atoms with van der Waals surface area (Å²) in [5.74, 6) is -0.540. The van der Waals surface area contributed by atoms with Gasteiger partial charge in [0.05, 0.1) is 11.1 Å². The van der Waals surface area contributed by atoms with Crippen molar-refractivity contribution in [3.8, 4) is 17.1 Å². The van der Waals surface area contributed by atoms with Gasteiger partial charge in [-0.15, -0.1) is 0 Å². The molecule has 0 aliphatic carbocycles. The molecule has 5 heteroatoms. The molecular formula is C32H41FN2O2. The van der Waals surface area contributed by atoms with Gasteiger partial charge in [-0.1, -0.05) is 83.8 Å². The van der Waals surface area contributed by atoms with Crippen LogP contribution in [0.15, 0.2) is 54.9 Å². The maximum atomic E-state index is 14.8. The van der Waals surface area contributed by atoms with Crippen LogP contribution in [0.3, 0.4) is 0 Å². The van der Waals surface area contributed by atoms with Gasteiger partial charge in [0.25, 0.3) is 0 Å². The number of ether oxygens (including phenoxy) is 1. The number of nitrogens with zero attached hydrogens (tertiary/aromatic N) is 2. The van der Waals surface area contributed by atoms with Crippen LogP contribution in [0.2, 0.25) is 0 Å². The Balaban J connectivity index is 1.49. The van der Waals surface area contributed by atoms with Crippen LogP contribution in [0, 0.1) is 5.82 Å². The number of unbranched alkanes of at least 4 members (excludes halogenated alkanes) is 9. The van der Waals surface area contributed by atoms with Gasteiger partial charge >= 0.3 is 5.97 Å². The second kappa shape index (κ2) is 15.9. The van der Waals surface area contributed by atoms with Crippen LogP contribution in [-0.4, -0.2) is 15.9 Å². The Morgan fingerprint density at radius 3 is 1.92 bits per heavy atom. The summed E-state index contributed by atoms with van der Waals surface area (Å²) in [4.78, 5) is 21.3. The Morgan fingerprint density at radius 1 is 0.730 bits per heavy atom. The van der Waals surface area contributed by atoms with Crippen molar-refractivity contribution >= 4 is 5.97 Å². The minimum absolute atomic E-state index is 0.158. The molecule has 1 aromatic heterocycles. The minimum Gasteiger partial charge on any atom is -0.423 e. The van der Waals surface area contributed by atoms with E-state index in [0.29, 0.717) is 11.4 Å². The fourth-order valence-electron chi connectivity index (χ4n) is 4.38. The lowest BCUT2D eigenvalue weighted by atomic mass is 10.0. The smallest absolute Gasteiger partial charge is 0.343 e. The van der Waals surface area contributed by atoms with E-state index in [9.17, 15) is 9.18 Å². The molecule has 1 heterocycles. The number of carbonyl (C=O) groups excluding carboxylic acids is 1. The predicted molar refractivity (Wildman–Crippen MR) is 148 cm³/mol. The summed E-state index contributed by atoms with van der Waals surface area (Å²) in [6.45, 7) is 4.43. The molecule has 2 aromatic carbocycles. The number of aromatic nitrogens is 2. The van der Waals surface area contributed by atoms with Crippen molar-refractivity contribution in [2.24, 2.45) is 0 Å². The molecule has 0 unspecified atom stereocenters. The average Bonchev–Trinajstić information content (AvgIpc) is 2.91. The minimum atomic E-state index is -0.521. The lowest BCUT2D eigenvalue weighted by Crippen LogP contribution is -2.09. The first-order valence-electron chi connectivity index (χ1n) is 14.0. The highest BCUT2D eigenvalue weighted by molar-refractivity contribution is 5.91. The highest BCUT2D eigenvalue weighted by Gasteiger charge is 2.13. The third-order valence-electron chi connectivity index (χ3n) is 6.67. The zero-order valence-electron chi connectivity index (χ0n) is 22.5. The van der Waals surface area contributed by atoms with Crippen LogP contribution < -0.4 is 4.74 Å². The third kappa shape index (κ3) is 9.71. The second-order valence-electron chi connectivity index (χ2n) is 9.82. The van der Waals surface area contributed by atoms with Crippen molar-refractivity contribution in [1.82, 2.24) is 9.97 Å². The topological polar surface area (TPSA) is 52.1 Å². The van der Waals surface area contributed by atoms with Crippen molar-refractivity contribution in [1.29, 1.82) is 0 Å². The fraction of sp³-hybridized carbons (Fsp3) is 0.469. The van der Waals surface area contributed by atoms with Crippen molar-refractivity contribution in [3.05, 3.63) is 77.4 Å². The Morgan fingerprint density at radius 2 is 1.30 bits per heavy atom. The molecule has 0 atom stereocenters. The van der Waals surface area contributed by atoms with E-state index >= 15 is 0 Å². The molecular weight excluding hydrogens is 463 g/mol. The second-order valence-corrected chi connectivity index (χ2v) is 9.82. The molecule has 0 saturated heterocycles. The molecule has 0 fully saturated rings. The van der Waals surface area contributed by atoms with Crippen molar-refractivity contribution < 1.29 is 13.9 Å². The summed E-state index contributed by atoms with van der Waals surface area (Å²) in [5, 5.41) is 0. The van der Waals surface area contributed by atoms with E-state index in [1.807, 2.05) is 12.1 Å². The Labute approximate surface area is 221 Å². The number of carbonyl (C=O) groups is 1. The quantitative estimate of drug-likeness (QED) is 0.111. The van der Waals surface area contributed by atoms with E-state index in [0.717, 1.165) is 31.2 Å². The summed E-state index contributed by atoms with van der Waals surface area (Å²) in [6, 6.07) is 11.8. The monoisotopic (exact) mass is 504 g/mol. The largest absolute Gasteiger partial charge is 0.423 e. The Hall–Kier alpha value is -3.08. The number of rotatable bonds is 16. The van der Waals surface area contributed by atoms with E-state index in [2.05, 4.69) is 23.8 Å². The standard InChI is InChI=1S/C32H41FN2O2/c1-3-5-7-9-10-11-13-15-26-23-34-31(35-24-26)29-21-20-28(22-30(29)33)37-32(36)27-18-16-25(17-19-27)14-12-8-6-4-2/h16-24H,3-15H2,1-2H3. The third-order valence-corrected chi connectivity index (χ3v) is 6.67. The number of hydrogen-bond acceptors (Lipinski definition) is 4. The molecule has 0 aliphatic rings. The molecule has 3 rings (SSSR count). The number of aryl methyl sites for hydroxylation is 2. The summed E-state index contributed by atoms with van der Waals surface area (Å²) in [6.07, 6.45) is 19.1. The Bertz CT molecular complexity index is 1080. The van der Waals surface area contributed by atoms with Gasteiger partial charge in [0.15, 0.2) is 5.82 Å². The first kappa shape index (κ1) is 28.5. The maximum Gasteiger partial charge on any atom is 0.343 e. The summed E-state index contributed by atoms with van der Waals surface area (Å²) in [7, 11) is 0. The van der Waals surface area contributed by atoms with Crippen LogP contribution in [0.5, 0.6) is 5.75 Å². The lowest BCUT2D eigenvalue weighted by molar-refractivity contribution is 0.0734. The molecule has 0 N–H and O–H groups in total. The molecule has 0 aliphatic heterocycles. The first-order valence-corrected chi connectivity index (χ1v) is 14.0. The number of benzene rings is 2. The van der Waals surface area contributed by atoms with Gasteiger partial charge in [-0.25, -0.2) is 19.2 Å². The molecule has 0 spiro atoms. The summed E-state index contributed by atoms with van der Waals surface area (Å²) in [5.41, 5.74) is 3.00. The van der Waals surface area contributed by atoms with E-state index in [4.69, 9.17) is 4.74 Å². The Kier molecular flexibility index (Phi) is 12.2. The van der Waals surface area contributed by atoms with Crippen molar-refractivity contribution in [2.45, 2.75) is 97.3 Å². The van der Waals surface area contributed by atoms with Gasteiger partial charge in [-0.2, -0.15) is 0 Å². The zero-order valence-corrected chi connectivity index (χ0v) is 22.5. The van der Waals surface area contributed by atoms with Gasteiger partial charge in [-0.05, 0) is 61.1 Å². The van der Waals surface area contributed by atoms with Crippen LogP contribution in [0.1, 0.15) is 106 Å². The molecule has 0 amide bonds. The lowest BCUT2D eigenvalue weighted by Gasteiger charge is -2.08. The van der Waals surface area contributed by atoms with Crippen molar-refractivity contribution in [3.63, 3.8) is 0 Å². The van der Waals surface area contributed by atoms with Crippen LogP contribution in [-0.2, 0) is 12.8 Å². The van der Waals surface area contributed by atoms with Gasteiger partial charge in [-0.3, -0.25) is 0 Å². The molecule has 4 nitrogen and oxygen atoms in total. The van der Waals surface area contributed by atoms with E-state index in [-0.39, 0.29) is 11.3 Å². The average molecular weight is 505 g/mol. The van der Waals surface area contributed by atoms with Gasteiger partial charge < -0.3 is 4.74 Å². The predicted octanol–water partition coefficient (Wildman–Crippen LogP) is 8.92. The first-order chi connectivity index (χ1) is 18.1. The van der Waals surface area contributed by atoms with Gasteiger partial charge in [0.1, 0.15) is 11.6 Å². The number of esters is 1. The summed E-state index contributed by atoms with van der Waals surface area (Å²) >= 11 is 0. The molecule has 0 bridgehead atoms. The van der Waals surface area contributed by atoms with Crippen LogP contribution >= 0.6 is 0 Å². The molecule has 0 radical (unpaired) electrons. The van der Waals surface area contributed by atoms with E-state index in [1.165, 1.54) is 69.4 Å². The highest BCUT2D eigenvalue weighted by Crippen LogP contribution is 2.24. The van der Waals surface area contributed by atoms with E-state index in [1.54, 1.807) is 36.7 Å². The molecule has 0 saturated carbocycles. The number of hydrogen-bond donors (Lipinski definition) is 0. The zero-order chi connectivity index (χ0) is 26.3. The van der Waals surface area contributed by atoms with Gasteiger partial charge in [0.2, 0.25) is 0 Å². The van der Waals surface area contributed by atoms with E-state index < -0.39 is 11.8 Å². The van der Waals surface area contributed by atoms with Crippen LogP contribution in [0.25, 0.3) is 11.4 Å². The maximum absolute atomic E-state index is 14.8. The SMILES string of the molecule is CCCCCCCCCc1cnc(-c2ccc(OC(=O)c3ccc(CCCCCC)cc3)cc2F)nc1. The normalized spacial score (nSPS) is 11.0. The molecule has 37 heavy (non-hydrogen) atoms. The van der Waals surface area contributed by atoms with Crippen LogP contribution in [0.4, 0.5) is 4.39 Å². The molecule has 3 aromatic rings. The fourth-order valence-corrected chi connectivity index (χ4v) is 4.38.